The number of nitrogens with zero attached hydrogens (tertiary/aromatic N) is 3. The van der Waals surface area contributed by atoms with Gasteiger partial charge in [-0.3, -0.25) is 14.0 Å². The molecule has 7 heteroatoms. The summed E-state index contributed by atoms with van der Waals surface area (Å²) < 4.78 is 1.93. The lowest BCUT2D eigenvalue weighted by Gasteiger charge is -2.30. The number of carbonyl (C=O) groups is 2. The zero-order valence-electron chi connectivity index (χ0n) is 12.9. The van der Waals surface area contributed by atoms with E-state index in [2.05, 4.69) is 4.98 Å². The standard InChI is InChI=1S/C16H19N3O3S/c1-23-16-17-14(12-4-2-3-7-19(12)16)15(22)18-8-5-11(6-9-18)10-13(20)21/h2-4,7,11H,5-6,8-10H2,1H3,(H,20,21). The molecule has 0 bridgehead atoms. The van der Waals surface area contributed by atoms with Crippen molar-refractivity contribution in [3.63, 3.8) is 0 Å². The van der Waals surface area contributed by atoms with Crippen molar-refractivity contribution < 1.29 is 14.7 Å². The van der Waals surface area contributed by atoms with Crippen LogP contribution < -0.4 is 0 Å². The molecular weight excluding hydrogens is 314 g/mol. The summed E-state index contributed by atoms with van der Waals surface area (Å²) in [6.07, 6.45) is 5.50. The Morgan fingerprint density at radius 3 is 2.74 bits per heavy atom. The van der Waals surface area contributed by atoms with Gasteiger partial charge >= 0.3 is 5.97 Å². The molecule has 2 aromatic heterocycles. The van der Waals surface area contributed by atoms with Gasteiger partial charge < -0.3 is 10.0 Å². The fourth-order valence-electron chi connectivity index (χ4n) is 3.05. The zero-order chi connectivity index (χ0) is 16.4. The number of imidazole rings is 1. The highest BCUT2D eigenvalue weighted by Gasteiger charge is 2.27. The van der Waals surface area contributed by atoms with Gasteiger partial charge in [0.25, 0.3) is 5.91 Å². The van der Waals surface area contributed by atoms with Gasteiger partial charge in [-0.25, -0.2) is 4.98 Å². The van der Waals surface area contributed by atoms with Crippen molar-refractivity contribution in [2.24, 2.45) is 5.92 Å². The van der Waals surface area contributed by atoms with E-state index in [0.29, 0.717) is 18.8 Å². The first kappa shape index (κ1) is 15.9. The number of amides is 1. The number of rotatable bonds is 4. The van der Waals surface area contributed by atoms with Crippen LogP contribution in [0.5, 0.6) is 0 Å². The monoisotopic (exact) mass is 333 g/mol. The normalized spacial score (nSPS) is 16.0. The number of likely N-dealkylation sites (tertiary alicyclic amines) is 1. The highest BCUT2D eigenvalue weighted by molar-refractivity contribution is 7.98. The quantitative estimate of drug-likeness (QED) is 0.870. The Morgan fingerprint density at radius 1 is 1.35 bits per heavy atom. The summed E-state index contributed by atoms with van der Waals surface area (Å²) >= 11 is 1.51. The van der Waals surface area contributed by atoms with Crippen LogP contribution >= 0.6 is 11.8 Å². The van der Waals surface area contributed by atoms with Crippen molar-refractivity contribution in [2.75, 3.05) is 19.3 Å². The maximum absolute atomic E-state index is 12.8. The number of thioether (sulfide) groups is 1. The van der Waals surface area contributed by atoms with Crippen molar-refractivity contribution >= 4 is 29.2 Å². The molecule has 6 nitrogen and oxygen atoms in total. The minimum Gasteiger partial charge on any atom is -0.481 e. The molecule has 122 valence electrons. The third-order valence-corrected chi connectivity index (χ3v) is 4.92. The van der Waals surface area contributed by atoms with E-state index in [9.17, 15) is 9.59 Å². The van der Waals surface area contributed by atoms with Crippen LogP contribution in [0.2, 0.25) is 0 Å². The molecule has 0 atom stereocenters. The molecule has 0 spiro atoms. The Labute approximate surface area is 138 Å². The first-order chi connectivity index (χ1) is 11.1. The van der Waals surface area contributed by atoms with E-state index >= 15 is 0 Å². The molecule has 0 aromatic carbocycles. The molecule has 1 aliphatic heterocycles. The van der Waals surface area contributed by atoms with E-state index in [1.54, 1.807) is 4.90 Å². The number of carboxylic acid groups (broad SMARTS) is 1. The van der Waals surface area contributed by atoms with Crippen LogP contribution in [0.15, 0.2) is 29.6 Å². The summed E-state index contributed by atoms with van der Waals surface area (Å²) in [7, 11) is 0. The van der Waals surface area contributed by atoms with Crippen molar-refractivity contribution in [2.45, 2.75) is 24.4 Å². The van der Waals surface area contributed by atoms with Gasteiger partial charge in [0.1, 0.15) is 0 Å². The number of hydrogen-bond acceptors (Lipinski definition) is 4. The minimum atomic E-state index is -0.764. The van der Waals surface area contributed by atoms with Gasteiger partial charge in [0.15, 0.2) is 10.9 Å². The van der Waals surface area contributed by atoms with Gasteiger partial charge in [0.05, 0.1) is 5.52 Å². The maximum atomic E-state index is 12.8. The summed E-state index contributed by atoms with van der Waals surface area (Å²) in [5.74, 6) is -0.667. The van der Waals surface area contributed by atoms with Crippen LogP contribution in [0.3, 0.4) is 0 Å². The van der Waals surface area contributed by atoms with Crippen LogP contribution in [-0.4, -0.2) is 50.6 Å². The molecule has 0 aliphatic carbocycles. The van der Waals surface area contributed by atoms with Gasteiger partial charge in [0.2, 0.25) is 0 Å². The van der Waals surface area contributed by atoms with Gasteiger partial charge in [-0.15, -0.1) is 0 Å². The third-order valence-electron chi connectivity index (χ3n) is 4.27. The molecule has 0 saturated carbocycles. The Balaban J connectivity index is 1.78. The van der Waals surface area contributed by atoms with Gasteiger partial charge in [0, 0.05) is 25.7 Å². The number of carbonyl (C=O) groups excluding carboxylic acids is 1. The van der Waals surface area contributed by atoms with E-state index in [0.717, 1.165) is 23.5 Å². The van der Waals surface area contributed by atoms with E-state index in [1.807, 2.05) is 35.1 Å². The van der Waals surface area contributed by atoms with Crippen LogP contribution in [0.4, 0.5) is 0 Å². The average molecular weight is 333 g/mol. The molecule has 1 saturated heterocycles. The number of fused-ring (bicyclic) bond motifs is 1. The second kappa shape index (κ2) is 6.62. The number of piperidine rings is 1. The summed E-state index contributed by atoms with van der Waals surface area (Å²) in [5, 5.41) is 9.67. The molecule has 1 aliphatic rings. The lowest BCUT2D eigenvalue weighted by molar-refractivity contribution is -0.138. The van der Waals surface area contributed by atoms with Crippen molar-refractivity contribution in [1.82, 2.24) is 14.3 Å². The molecule has 2 aromatic rings. The number of carboxylic acids is 1. The van der Waals surface area contributed by atoms with Crippen molar-refractivity contribution in [3.05, 3.63) is 30.1 Å². The van der Waals surface area contributed by atoms with E-state index in [-0.39, 0.29) is 18.2 Å². The van der Waals surface area contributed by atoms with Crippen LogP contribution in [0, 0.1) is 5.92 Å². The second-order valence-corrected chi connectivity index (χ2v) is 6.51. The van der Waals surface area contributed by atoms with Gasteiger partial charge in [-0.2, -0.15) is 0 Å². The lowest BCUT2D eigenvalue weighted by atomic mass is 9.93. The minimum absolute atomic E-state index is 0.0669. The molecule has 3 heterocycles. The summed E-state index contributed by atoms with van der Waals surface area (Å²) in [6, 6.07) is 5.72. The van der Waals surface area contributed by atoms with Crippen LogP contribution in [0.25, 0.3) is 5.52 Å². The Morgan fingerprint density at radius 2 is 2.09 bits per heavy atom. The zero-order valence-corrected chi connectivity index (χ0v) is 13.8. The third kappa shape index (κ3) is 3.19. The molecule has 1 N–H and O–H groups in total. The van der Waals surface area contributed by atoms with Gasteiger partial charge in [-0.1, -0.05) is 17.8 Å². The summed E-state index contributed by atoms with van der Waals surface area (Å²) in [5.41, 5.74) is 1.29. The van der Waals surface area contributed by atoms with Crippen molar-refractivity contribution in [3.8, 4) is 0 Å². The topological polar surface area (TPSA) is 74.9 Å². The Hall–Kier alpha value is -2.02. The van der Waals surface area contributed by atoms with Gasteiger partial charge in [-0.05, 0) is 37.1 Å². The SMILES string of the molecule is CSc1nc(C(=O)N2CCC(CC(=O)O)CC2)c2ccccn12. The number of hydrogen-bond donors (Lipinski definition) is 1. The number of aromatic nitrogens is 2. The molecule has 0 unspecified atom stereocenters. The molecule has 1 fully saturated rings. The molecule has 3 rings (SSSR count). The van der Waals surface area contributed by atoms with Crippen LogP contribution in [0.1, 0.15) is 29.8 Å². The van der Waals surface area contributed by atoms with E-state index in [4.69, 9.17) is 5.11 Å². The predicted molar refractivity (Wildman–Crippen MR) is 87.9 cm³/mol. The van der Waals surface area contributed by atoms with Crippen molar-refractivity contribution in [1.29, 1.82) is 0 Å². The van der Waals surface area contributed by atoms with Crippen LogP contribution in [-0.2, 0) is 4.79 Å². The largest absolute Gasteiger partial charge is 0.481 e. The predicted octanol–water partition coefficient (Wildman–Crippen LogP) is 2.38. The molecule has 23 heavy (non-hydrogen) atoms. The summed E-state index contributed by atoms with van der Waals surface area (Å²) in [4.78, 5) is 29.9. The fraction of sp³-hybridized carbons (Fsp3) is 0.438. The highest BCUT2D eigenvalue weighted by Crippen LogP contribution is 2.25. The second-order valence-electron chi connectivity index (χ2n) is 5.74. The smallest absolute Gasteiger partial charge is 0.303 e. The average Bonchev–Trinajstić information content (AvgIpc) is 2.93. The Bertz CT molecular complexity index is 735. The highest BCUT2D eigenvalue weighted by atomic mass is 32.2. The first-order valence-electron chi connectivity index (χ1n) is 7.62. The summed E-state index contributed by atoms with van der Waals surface area (Å²) in [6.45, 7) is 1.19. The van der Waals surface area contributed by atoms with E-state index in [1.165, 1.54) is 11.8 Å². The van der Waals surface area contributed by atoms with E-state index < -0.39 is 5.97 Å². The number of pyridine rings is 1. The number of aliphatic carboxylic acids is 1. The maximum Gasteiger partial charge on any atom is 0.303 e. The first-order valence-corrected chi connectivity index (χ1v) is 8.84. The molecule has 1 amide bonds. The molecular formula is C16H19N3O3S. The lowest BCUT2D eigenvalue weighted by Crippen LogP contribution is -2.39. The fourth-order valence-corrected chi connectivity index (χ4v) is 3.59. The Kier molecular flexibility index (Phi) is 4.56. The molecule has 0 radical (unpaired) electrons.